The predicted octanol–water partition coefficient (Wildman–Crippen LogP) is 1.47. The van der Waals surface area contributed by atoms with Gasteiger partial charge in [-0.25, -0.2) is 18.4 Å². The molecular formula is C11H11ClN4O4S. The number of aryl methyl sites for hydroxylation is 1. The van der Waals surface area contributed by atoms with Crippen molar-refractivity contribution in [2.75, 3.05) is 11.1 Å². The quantitative estimate of drug-likeness (QED) is 0.844. The van der Waals surface area contributed by atoms with Gasteiger partial charge in [0, 0.05) is 6.07 Å². The van der Waals surface area contributed by atoms with Gasteiger partial charge in [0.1, 0.15) is 5.76 Å². The van der Waals surface area contributed by atoms with Gasteiger partial charge in [0.25, 0.3) is 5.91 Å². The van der Waals surface area contributed by atoms with E-state index >= 15 is 0 Å². The lowest BCUT2D eigenvalue weighted by Crippen LogP contribution is -2.18. The number of amides is 1. The molecule has 8 nitrogen and oxygen atoms in total. The molecule has 2 heterocycles. The Morgan fingerprint density at radius 2 is 2.19 bits per heavy atom. The smallest absolute Gasteiger partial charge is 0.277 e. The summed E-state index contributed by atoms with van der Waals surface area (Å²) < 4.78 is 28.2. The number of aromatic nitrogens is 3. The van der Waals surface area contributed by atoms with Crippen LogP contribution in [0.1, 0.15) is 23.2 Å². The van der Waals surface area contributed by atoms with Crippen LogP contribution in [0.25, 0.3) is 0 Å². The number of anilines is 1. The zero-order valence-electron chi connectivity index (χ0n) is 11.1. The highest BCUT2D eigenvalue weighted by Crippen LogP contribution is 2.17. The zero-order chi connectivity index (χ0) is 15.6. The van der Waals surface area contributed by atoms with E-state index in [1.807, 2.05) is 0 Å². The Bertz CT molecular complexity index is 787. The molecule has 112 valence electrons. The van der Waals surface area contributed by atoms with E-state index in [4.69, 9.17) is 16.1 Å². The van der Waals surface area contributed by atoms with Crippen LogP contribution < -0.4 is 5.32 Å². The molecule has 0 unspecified atom stereocenters. The number of hydrogen-bond donors (Lipinski definition) is 1. The van der Waals surface area contributed by atoms with Crippen molar-refractivity contribution in [1.82, 2.24) is 15.1 Å². The van der Waals surface area contributed by atoms with E-state index in [-0.39, 0.29) is 22.3 Å². The van der Waals surface area contributed by atoms with Crippen molar-refractivity contribution in [3.63, 3.8) is 0 Å². The van der Waals surface area contributed by atoms with E-state index in [2.05, 4.69) is 20.4 Å². The standard InChI is InChI=1S/C11H11ClN4O4S/c1-3-21(18,19)11-13-5-7(12)9(15-11)10(17)14-8-4-6(2)20-16-8/h4-5H,3H2,1-2H3,(H,14,16,17). The summed E-state index contributed by atoms with van der Waals surface area (Å²) in [7, 11) is -3.63. The lowest BCUT2D eigenvalue weighted by atomic mass is 10.3. The Morgan fingerprint density at radius 3 is 2.76 bits per heavy atom. The van der Waals surface area contributed by atoms with Crippen LogP contribution in [0, 0.1) is 6.92 Å². The normalized spacial score (nSPS) is 11.4. The number of halogens is 1. The monoisotopic (exact) mass is 330 g/mol. The first-order valence-corrected chi connectivity index (χ1v) is 7.86. The maximum Gasteiger partial charge on any atom is 0.277 e. The summed E-state index contributed by atoms with van der Waals surface area (Å²) in [5.74, 6) is -0.207. The van der Waals surface area contributed by atoms with Gasteiger partial charge in [-0.15, -0.1) is 0 Å². The summed E-state index contributed by atoms with van der Waals surface area (Å²) in [5, 5.41) is 5.47. The van der Waals surface area contributed by atoms with E-state index < -0.39 is 20.9 Å². The van der Waals surface area contributed by atoms with Crippen LogP contribution in [0.15, 0.2) is 21.9 Å². The van der Waals surface area contributed by atoms with Gasteiger partial charge >= 0.3 is 0 Å². The highest BCUT2D eigenvalue weighted by atomic mass is 35.5. The molecule has 0 aliphatic heterocycles. The number of hydrogen-bond acceptors (Lipinski definition) is 7. The lowest BCUT2D eigenvalue weighted by molar-refractivity contribution is 0.102. The molecule has 2 rings (SSSR count). The topological polar surface area (TPSA) is 115 Å². The first-order chi connectivity index (χ1) is 9.83. The molecule has 0 bridgehead atoms. The van der Waals surface area contributed by atoms with Crippen LogP contribution in [0.2, 0.25) is 5.02 Å². The molecule has 2 aromatic heterocycles. The lowest BCUT2D eigenvalue weighted by Gasteiger charge is -2.05. The van der Waals surface area contributed by atoms with Crippen molar-refractivity contribution in [3.8, 4) is 0 Å². The van der Waals surface area contributed by atoms with Gasteiger partial charge in [0.15, 0.2) is 11.5 Å². The third kappa shape index (κ3) is 3.37. The molecule has 0 spiro atoms. The molecule has 1 amide bonds. The van der Waals surface area contributed by atoms with Crippen molar-refractivity contribution in [3.05, 3.63) is 28.7 Å². The average Bonchev–Trinajstić information content (AvgIpc) is 2.84. The minimum atomic E-state index is -3.63. The number of carbonyl (C=O) groups is 1. The van der Waals surface area contributed by atoms with Gasteiger partial charge in [-0.2, -0.15) is 0 Å². The first kappa shape index (κ1) is 15.4. The van der Waals surface area contributed by atoms with Crippen LogP contribution in [0.5, 0.6) is 0 Å². The zero-order valence-corrected chi connectivity index (χ0v) is 12.7. The van der Waals surface area contributed by atoms with Gasteiger partial charge in [0.05, 0.1) is 17.0 Å². The molecule has 0 saturated heterocycles. The van der Waals surface area contributed by atoms with E-state index in [0.29, 0.717) is 5.76 Å². The van der Waals surface area contributed by atoms with Crippen LogP contribution >= 0.6 is 11.6 Å². The van der Waals surface area contributed by atoms with Crippen molar-refractivity contribution in [1.29, 1.82) is 0 Å². The molecule has 0 atom stereocenters. The van der Waals surface area contributed by atoms with Crippen molar-refractivity contribution < 1.29 is 17.7 Å². The Morgan fingerprint density at radius 1 is 1.48 bits per heavy atom. The molecule has 2 aromatic rings. The SMILES string of the molecule is CCS(=O)(=O)c1ncc(Cl)c(C(=O)Nc2cc(C)on2)n1. The predicted molar refractivity (Wildman–Crippen MR) is 74.0 cm³/mol. The second kappa shape index (κ2) is 5.78. The Hall–Kier alpha value is -2.00. The second-order valence-corrected chi connectivity index (χ2v) is 6.61. The van der Waals surface area contributed by atoms with E-state index in [0.717, 1.165) is 6.20 Å². The van der Waals surface area contributed by atoms with Gasteiger partial charge in [-0.1, -0.05) is 23.7 Å². The van der Waals surface area contributed by atoms with Crippen molar-refractivity contribution in [2.45, 2.75) is 19.0 Å². The molecule has 0 radical (unpaired) electrons. The average molecular weight is 331 g/mol. The number of rotatable bonds is 4. The molecule has 0 aromatic carbocycles. The summed E-state index contributed by atoms with van der Waals surface area (Å²) in [4.78, 5) is 19.4. The minimum absolute atomic E-state index is 0.0669. The fraction of sp³-hybridized carbons (Fsp3) is 0.273. The van der Waals surface area contributed by atoms with Crippen LogP contribution in [0.4, 0.5) is 5.82 Å². The van der Waals surface area contributed by atoms with E-state index in [1.165, 1.54) is 13.0 Å². The Balaban J connectivity index is 2.34. The Labute approximate surface area is 125 Å². The molecule has 0 aliphatic carbocycles. The van der Waals surface area contributed by atoms with Crippen LogP contribution in [-0.4, -0.2) is 35.2 Å². The summed E-state index contributed by atoms with van der Waals surface area (Å²) in [5.41, 5.74) is -0.251. The van der Waals surface area contributed by atoms with Crippen LogP contribution in [-0.2, 0) is 9.84 Å². The highest BCUT2D eigenvalue weighted by molar-refractivity contribution is 7.91. The fourth-order valence-electron chi connectivity index (χ4n) is 1.39. The molecule has 10 heteroatoms. The Kier molecular flexibility index (Phi) is 4.24. The van der Waals surface area contributed by atoms with Crippen molar-refractivity contribution >= 4 is 33.2 Å². The van der Waals surface area contributed by atoms with Gasteiger partial charge in [-0.05, 0) is 6.92 Å². The number of carbonyl (C=O) groups excluding carboxylic acids is 1. The van der Waals surface area contributed by atoms with Crippen molar-refractivity contribution in [2.24, 2.45) is 0 Å². The molecule has 0 saturated carbocycles. The third-order valence-electron chi connectivity index (χ3n) is 2.46. The van der Waals surface area contributed by atoms with Crippen LogP contribution in [0.3, 0.4) is 0 Å². The number of sulfone groups is 1. The summed E-state index contributed by atoms with van der Waals surface area (Å²) in [6, 6.07) is 1.50. The van der Waals surface area contributed by atoms with E-state index in [1.54, 1.807) is 6.92 Å². The molecule has 1 N–H and O–H groups in total. The number of nitrogens with one attached hydrogen (secondary N) is 1. The number of nitrogens with zero attached hydrogens (tertiary/aromatic N) is 3. The van der Waals surface area contributed by atoms with Gasteiger partial charge in [0.2, 0.25) is 15.0 Å². The van der Waals surface area contributed by atoms with E-state index in [9.17, 15) is 13.2 Å². The summed E-state index contributed by atoms with van der Waals surface area (Å²) >= 11 is 5.83. The summed E-state index contributed by atoms with van der Waals surface area (Å²) in [6.07, 6.45) is 1.07. The maximum atomic E-state index is 12.0. The van der Waals surface area contributed by atoms with Gasteiger partial charge in [-0.3, -0.25) is 4.79 Å². The third-order valence-corrected chi connectivity index (χ3v) is 4.25. The largest absolute Gasteiger partial charge is 0.360 e. The first-order valence-electron chi connectivity index (χ1n) is 5.83. The van der Waals surface area contributed by atoms with Gasteiger partial charge < -0.3 is 9.84 Å². The molecule has 21 heavy (non-hydrogen) atoms. The fourth-order valence-corrected chi connectivity index (χ4v) is 2.27. The second-order valence-electron chi connectivity index (χ2n) is 4.03. The molecular weight excluding hydrogens is 320 g/mol. The highest BCUT2D eigenvalue weighted by Gasteiger charge is 2.21. The summed E-state index contributed by atoms with van der Waals surface area (Å²) in [6.45, 7) is 3.11. The maximum absolute atomic E-state index is 12.0. The minimum Gasteiger partial charge on any atom is -0.360 e. The molecule has 0 fully saturated rings. The molecule has 0 aliphatic rings.